The predicted octanol–water partition coefficient (Wildman–Crippen LogP) is 3.05. The average molecular weight is 313 g/mol. The Balaban J connectivity index is 1.63. The highest BCUT2D eigenvalue weighted by atomic mass is 35.5. The van der Waals surface area contributed by atoms with Gasteiger partial charge in [-0.15, -0.1) is 0 Å². The second-order valence-corrected chi connectivity index (χ2v) is 6.85. The lowest BCUT2D eigenvalue weighted by Crippen LogP contribution is -2.30. The van der Waals surface area contributed by atoms with Crippen LogP contribution in [0.2, 0.25) is 10.0 Å². The Morgan fingerprint density at radius 3 is 2.65 bits per heavy atom. The van der Waals surface area contributed by atoms with Crippen molar-refractivity contribution in [2.45, 2.75) is 19.4 Å². The molecule has 1 unspecified atom stereocenters. The minimum atomic E-state index is 0.317. The van der Waals surface area contributed by atoms with E-state index < -0.39 is 0 Å². The molecule has 2 aliphatic heterocycles. The Kier molecular flexibility index (Phi) is 3.93. The smallest absolute Gasteiger partial charge is 0.209 e. The first-order valence-corrected chi connectivity index (χ1v) is 7.71. The van der Waals surface area contributed by atoms with Gasteiger partial charge in [-0.25, -0.2) is 0 Å². The Morgan fingerprint density at radius 1 is 1.15 bits per heavy atom. The highest BCUT2D eigenvalue weighted by molar-refractivity contribution is 6.42. The molecule has 0 bridgehead atoms. The van der Waals surface area contributed by atoms with E-state index in [1.165, 1.54) is 12.0 Å². The minimum absolute atomic E-state index is 0.317. The van der Waals surface area contributed by atoms with Crippen LogP contribution in [-0.4, -0.2) is 42.4 Å². The van der Waals surface area contributed by atoms with E-state index in [0.717, 1.165) is 45.6 Å². The highest BCUT2D eigenvalue weighted by Gasteiger charge is 2.42. The van der Waals surface area contributed by atoms with Gasteiger partial charge in [-0.1, -0.05) is 29.3 Å². The molecule has 1 atom stereocenters. The van der Waals surface area contributed by atoms with E-state index in [1.54, 1.807) is 0 Å². The zero-order valence-electron chi connectivity index (χ0n) is 11.3. The van der Waals surface area contributed by atoms with Gasteiger partial charge in [0.2, 0.25) is 6.41 Å². The summed E-state index contributed by atoms with van der Waals surface area (Å²) in [4.78, 5) is 15.2. The van der Waals surface area contributed by atoms with Crippen molar-refractivity contribution >= 4 is 29.6 Å². The summed E-state index contributed by atoms with van der Waals surface area (Å²) < 4.78 is 0. The SMILES string of the molecule is O=CN1CCC2(CCN(Cc3ccc(Cl)c(Cl)c3)C2)C1. The molecule has 0 aliphatic carbocycles. The number of hydrogen-bond donors (Lipinski definition) is 0. The van der Waals surface area contributed by atoms with E-state index in [2.05, 4.69) is 4.90 Å². The quantitative estimate of drug-likeness (QED) is 0.801. The van der Waals surface area contributed by atoms with Gasteiger partial charge in [-0.3, -0.25) is 9.69 Å². The lowest BCUT2D eigenvalue weighted by atomic mass is 9.86. The number of halogens is 2. The molecule has 2 saturated heterocycles. The maximum atomic E-state index is 10.9. The number of benzene rings is 1. The maximum Gasteiger partial charge on any atom is 0.209 e. The van der Waals surface area contributed by atoms with Crippen LogP contribution >= 0.6 is 23.2 Å². The topological polar surface area (TPSA) is 23.6 Å². The van der Waals surface area contributed by atoms with E-state index in [1.807, 2.05) is 23.1 Å². The number of hydrogen-bond acceptors (Lipinski definition) is 2. The molecular weight excluding hydrogens is 295 g/mol. The molecule has 20 heavy (non-hydrogen) atoms. The van der Waals surface area contributed by atoms with Gasteiger partial charge in [0.05, 0.1) is 10.0 Å². The fourth-order valence-corrected chi connectivity index (χ4v) is 3.77. The van der Waals surface area contributed by atoms with Crippen LogP contribution < -0.4 is 0 Å². The standard InChI is InChI=1S/C15H18Cl2N2O/c16-13-2-1-12(7-14(13)17)8-18-5-3-15(9-18)4-6-19(10-15)11-20/h1-2,7,11H,3-6,8-10H2. The van der Waals surface area contributed by atoms with Crippen LogP contribution in [0.25, 0.3) is 0 Å². The van der Waals surface area contributed by atoms with Crippen molar-refractivity contribution in [3.8, 4) is 0 Å². The van der Waals surface area contributed by atoms with E-state index >= 15 is 0 Å². The van der Waals surface area contributed by atoms with Crippen molar-refractivity contribution < 1.29 is 4.79 Å². The monoisotopic (exact) mass is 312 g/mol. The molecule has 5 heteroatoms. The Bertz CT molecular complexity index is 523. The van der Waals surface area contributed by atoms with Crippen LogP contribution in [-0.2, 0) is 11.3 Å². The zero-order valence-corrected chi connectivity index (χ0v) is 12.8. The van der Waals surface area contributed by atoms with Crippen molar-refractivity contribution in [2.24, 2.45) is 5.41 Å². The molecule has 1 amide bonds. The number of likely N-dealkylation sites (tertiary alicyclic amines) is 2. The molecule has 1 aromatic carbocycles. The molecule has 0 N–H and O–H groups in total. The first kappa shape index (κ1) is 14.2. The molecule has 3 rings (SSSR count). The van der Waals surface area contributed by atoms with Crippen molar-refractivity contribution in [1.29, 1.82) is 0 Å². The lowest BCUT2D eigenvalue weighted by molar-refractivity contribution is -0.117. The van der Waals surface area contributed by atoms with E-state index in [-0.39, 0.29) is 0 Å². The molecule has 108 valence electrons. The lowest BCUT2D eigenvalue weighted by Gasteiger charge is -2.23. The number of rotatable bonds is 3. The third kappa shape index (κ3) is 2.80. The van der Waals surface area contributed by atoms with Gasteiger partial charge in [0.25, 0.3) is 0 Å². The van der Waals surface area contributed by atoms with Crippen molar-refractivity contribution in [3.05, 3.63) is 33.8 Å². The van der Waals surface area contributed by atoms with Gasteiger partial charge >= 0.3 is 0 Å². The van der Waals surface area contributed by atoms with Crippen LogP contribution in [0, 0.1) is 5.41 Å². The van der Waals surface area contributed by atoms with E-state index in [0.29, 0.717) is 15.5 Å². The Morgan fingerprint density at radius 2 is 1.95 bits per heavy atom. The second kappa shape index (κ2) is 5.55. The summed E-state index contributed by atoms with van der Waals surface area (Å²) in [5, 5.41) is 1.22. The third-order valence-electron chi connectivity index (χ3n) is 4.52. The molecule has 2 heterocycles. The predicted molar refractivity (Wildman–Crippen MR) is 81.0 cm³/mol. The van der Waals surface area contributed by atoms with Crippen LogP contribution in [0.3, 0.4) is 0 Å². The fourth-order valence-electron chi connectivity index (χ4n) is 3.45. The first-order chi connectivity index (χ1) is 9.60. The normalized spacial score (nSPS) is 26.6. The number of carbonyl (C=O) groups is 1. The van der Waals surface area contributed by atoms with Crippen LogP contribution in [0.15, 0.2) is 18.2 Å². The zero-order chi connectivity index (χ0) is 14.2. The van der Waals surface area contributed by atoms with Gasteiger partial charge in [0.15, 0.2) is 0 Å². The van der Waals surface area contributed by atoms with Crippen molar-refractivity contribution in [2.75, 3.05) is 26.2 Å². The van der Waals surface area contributed by atoms with Crippen molar-refractivity contribution in [1.82, 2.24) is 9.80 Å². The van der Waals surface area contributed by atoms with Gasteiger partial charge < -0.3 is 4.90 Å². The van der Waals surface area contributed by atoms with Crippen LogP contribution in [0.1, 0.15) is 18.4 Å². The molecule has 0 aromatic heterocycles. The van der Waals surface area contributed by atoms with Crippen LogP contribution in [0.5, 0.6) is 0 Å². The third-order valence-corrected chi connectivity index (χ3v) is 5.26. The molecular formula is C15H18Cl2N2O. The highest BCUT2D eigenvalue weighted by Crippen LogP contribution is 2.39. The van der Waals surface area contributed by atoms with Gasteiger partial charge in [0.1, 0.15) is 0 Å². The number of amides is 1. The molecule has 1 spiro atoms. The number of carbonyl (C=O) groups excluding carboxylic acids is 1. The summed E-state index contributed by atoms with van der Waals surface area (Å²) in [5.41, 5.74) is 1.51. The largest absolute Gasteiger partial charge is 0.345 e. The molecule has 0 saturated carbocycles. The van der Waals surface area contributed by atoms with Gasteiger partial charge in [0, 0.05) is 31.6 Å². The summed E-state index contributed by atoms with van der Waals surface area (Å²) in [5.74, 6) is 0. The first-order valence-electron chi connectivity index (χ1n) is 6.96. The summed E-state index contributed by atoms with van der Waals surface area (Å²) in [6, 6.07) is 5.83. The fraction of sp³-hybridized carbons (Fsp3) is 0.533. The van der Waals surface area contributed by atoms with E-state index in [9.17, 15) is 4.79 Å². The molecule has 1 aromatic rings. The van der Waals surface area contributed by atoms with Gasteiger partial charge in [-0.2, -0.15) is 0 Å². The van der Waals surface area contributed by atoms with Gasteiger partial charge in [-0.05, 0) is 37.1 Å². The summed E-state index contributed by atoms with van der Waals surface area (Å²) in [6.45, 7) is 4.88. The summed E-state index contributed by atoms with van der Waals surface area (Å²) >= 11 is 12.0. The van der Waals surface area contributed by atoms with E-state index in [4.69, 9.17) is 23.2 Å². The Hall–Kier alpha value is -0.770. The number of nitrogens with zero attached hydrogens (tertiary/aromatic N) is 2. The second-order valence-electron chi connectivity index (χ2n) is 6.04. The minimum Gasteiger partial charge on any atom is -0.345 e. The molecule has 2 aliphatic rings. The molecule has 0 radical (unpaired) electrons. The molecule has 3 nitrogen and oxygen atoms in total. The molecule has 2 fully saturated rings. The summed E-state index contributed by atoms with van der Waals surface area (Å²) in [6.07, 6.45) is 3.29. The van der Waals surface area contributed by atoms with Crippen molar-refractivity contribution in [3.63, 3.8) is 0 Å². The average Bonchev–Trinajstić information content (AvgIpc) is 3.02. The maximum absolute atomic E-state index is 10.9. The Labute approximate surface area is 129 Å². The summed E-state index contributed by atoms with van der Waals surface area (Å²) in [7, 11) is 0. The van der Waals surface area contributed by atoms with Crippen LogP contribution in [0.4, 0.5) is 0 Å².